The molecule has 19 heavy (non-hydrogen) atoms. The molecule has 0 saturated heterocycles. The number of hydrogen-bond donors (Lipinski definition) is 1. The molecule has 1 aliphatic carbocycles. The van der Waals surface area contributed by atoms with Crippen LogP contribution >= 0.6 is 11.3 Å². The molecule has 0 atom stereocenters. The third-order valence-corrected chi connectivity index (χ3v) is 4.77. The van der Waals surface area contributed by atoms with E-state index in [4.69, 9.17) is 9.97 Å². The molecule has 102 valence electrons. The van der Waals surface area contributed by atoms with Gasteiger partial charge in [-0.2, -0.15) is 0 Å². The lowest BCUT2D eigenvalue weighted by atomic mass is 9.95. The Morgan fingerprint density at radius 3 is 2.68 bits per heavy atom. The van der Waals surface area contributed by atoms with E-state index < -0.39 is 0 Å². The topological polar surface area (TPSA) is 37.8 Å². The zero-order valence-electron chi connectivity index (χ0n) is 12.1. The van der Waals surface area contributed by atoms with Crippen molar-refractivity contribution in [2.75, 3.05) is 11.9 Å². The molecule has 0 aromatic carbocycles. The molecule has 0 amide bonds. The average molecular weight is 275 g/mol. The first-order chi connectivity index (χ1) is 9.00. The zero-order valence-corrected chi connectivity index (χ0v) is 12.9. The zero-order chi connectivity index (χ0) is 13.6. The van der Waals surface area contributed by atoms with Gasteiger partial charge in [-0.05, 0) is 31.7 Å². The maximum atomic E-state index is 4.82. The van der Waals surface area contributed by atoms with Gasteiger partial charge in [-0.3, -0.25) is 0 Å². The van der Waals surface area contributed by atoms with Crippen molar-refractivity contribution in [1.82, 2.24) is 9.97 Å². The highest BCUT2D eigenvalue weighted by Crippen LogP contribution is 2.40. The second-order valence-electron chi connectivity index (χ2n) is 6.21. The number of nitrogens with zero attached hydrogens (tertiary/aromatic N) is 2. The van der Waals surface area contributed by atoms with Crippen LogP contribution in [0.2, 0.25) is 0 Å². The summed E-state index contributed by atoms with van der Waals surface area (Å²) >= 11 is 1.87. The molecule has 3 nitrogen and oxygen atoms in total. The van der Waals surface area contributed by atoms with Crippen molar-refractivity contribution in [2.45, 2.75) is 52.4 Å². The summed E-state index contributed by atoms with van der Waals surface area (Å²) in [7, 11) is 0. The van der Waals surface area contributed by atoms with Crippen LogP contribution in [-0.4, -0.2) is 16.5 Å². The van der Waals surface area contributed by atoms with E-state index in [0.29, 0.717) is 0 Å². The Kier molecular flexibility index (Phi) is 3.01. The molecule has 0 bridgehead atoms. The lowest BCUT2D eigenvalue weighted by molar-refractivity contribution is 0.549. The molecule has 0 spiro atoms. The number of thiophene rings is 1. The lowest BCUT2D eigenvalue weighted by Gasteiger charge is -2.18. The molecule has 0 radical (unpaired) electrons. The fourth-order valence-corrected chi connectivity index (χ4v) is 3.89. The third kappa shape index (κ3) is 2.12. The summed E-state index contributed by atoms with van der Waals surface area (Å²) in [6.07, 6.45) is 3.68. The van der Waals surface area contributed by atoms with Gasteiger partial charge in [0.25, 0.3) is 0 Å². The largest absolute Gasteiger partial charge is 0.370 e. The standard InChI is InChI=1S/C15H21N3S/c1-5-16-12-11-9-7-6-8-10(9)19-13(11)18-14(17-12)15(2,3)4/h5-8H2,1-4H3,(H,16,17,18). The normalized spacial score (nSPS) is 14.9. The maximum Gasteiger partial charge on any atom is 0.138 e. The second kappa shape index (κ2) is 4.44. The van der Waals surface area contributed by atoms with Crippen molar-refractivity contribution in [1.29, 1.82) is 0 Å². The summed E-state index contributed by atoms with van der Waals surface area (Å²) in [6, 6.07) is 0. The molecule has 2 aromatic heterocycles. The fourth-order valence-electron chi connectivity index (χ4n) is 2.63. The number of aromatic nitrogens is 2. The molecule has 3 rings (SSSR count). The van der Waals surface area contributed by atoms with Crippen molar-refractivity contribution in [3.05, 3.63) is 16.3 Å². The number of hydrogen-bond acceptors (Lipinski definition) is 4. The third-order valence-electron chi connectivity index (χ3n) is 3.58. The van der Waals surface area contributed by atoms with Crippen LogP contribution in [0, 0.1) is 0 Å². The summed E-state index contributed by atoms with van der Waals surface area (Å²) in [5, 5.41) is 4.72. The van der Waals surface area contributed by atoms with Crippen LogP contribution in [0.4, 0.5) is 5.82 Å². The fraction of sp³-hybridized carbons (Fsp3) is 0.600. The minimum absolute atomic E-state index is 0.00715. The highest BCUT2D eigenvalue weighted by molar-refractivity contribution is 7.19. The van der Waals surface area contributed by atoms with Crippen LogP contribution < -0.4 is 5.32 Å². The first-order valence-electron chi connectivity index (χ1n) is 7.07. The first-order valence-corrected chi connectivity index (χ1v) is 7.89. The number of anilines is 1. The SMILES string of the molecule is CCNc1nc(C(C)(C)C)nc2sc3c(c12)CCC3. The van der Waals surface area contributed by atoms with Crippen molar-refractivity contribution in [3.63, 3.8) is 0 Å². The van der Waals surface area contributed by atoms with E-state index in [9.17, 15) is 0 Å². The first kappa shape index (κ1) is 12.9. The van der Waals surface area contributed by atoms with Gasteiger partial charge in [0.1, 0.15) is 16.5 Å². The Labute approximate surface area is 118 Å². The van der Waals surface area contributed by atoms with Gasteiger partial charge in [0, 0.05) is 16.8 Å². The molecular formula is C15H21N3S. The van der Waals surface area contributed by atoms with Gasteiger partial charge in [0.15, 0.2) is 0 Å². The Morgan fingerprint density at radius 2 is 2.00 bits per heavy atom. The molecule has 2 aromatic rings. The van der Waals surface area contributed by atoms with Crippen LogP contribution in [0.1, 0.15) is 50.4 Å². The summed E-state index contributed by atoms with van der Waals surface area (Å²) in [4.78, 5) is 12.3. The van der Waals surface area contributed by atoms with Crippen molar-refractivity contribution in [2.24, 2.45) is 0 Å². The average Bonchev–Trinajstić information content (AvgIpc) is 2.87. The minimum Gasteiger partial charge on any atom is -0.370 e. The van der Waals surface area contributed by atoms with E-state index in [1.54, 1.807) is 0 Å². The molecule has 4 heteroatoms. The van der Waals surface area contributed by atoms with Crippen LogP contribution in [0.25, 0.3) is 10.2 Å². The highest BCUT2D eigenvalue weighted by atomic mass is 32.1. The Bertz CT molecular complexity index is 622. The van der Waals surface area contributed by atoms with Gasteiger partial charge in [-0.1, -0.05) is 20.8 Å². The van der Waals surface area contributed by atoms with Gasteiger partial charge < -0.3 is 5.32 Å². The number of rotatable bonds is 2. The Hall–Kier alpha value is -1.16. The molecule has 0 unspecified atom stereocenters. The van der Waals surface area contributed by atoms with Crippen LogP contribution in [0.5, 0.6) is 0 Å². The Balaban J connectivity index is 2.26. The lowest BCUT2D eigenvalue weighted by Crippen LogP contribution is -2.17. The molecule has 0 aliphatic heterocycles. The molecule has 1 aliphatic rings. The predicted octanol–water partition coefficient (Wildman–Crippen LogP) is 3.91. The predicted molar refractivity (Wildman–Crippen MR) is 82.3 cm³/mol. The second-order valence-corrected chi connectivity index (χ2v) is 7.30. The van der Waals surface area contributed by atoms with Gasteiger partial charge >= 0.3 is 0 Å². The van der Waals surface area contributed by atoms with Crippen LogP contribution in [0.15, 0.2) is 0 Å². The van der Waals surface area contributed by atoms with Crippen LogP contribution in [0.3, 0.4) is 0 Å². The number of nitrogens with one attached hydrogen (secondary N) is 1. The molecule has 2 heterocycles. The Morgan fingerprint density at radius 1 is 1.21 bits per heavy atom. The maximum absolute atomic E-state index is 4.82. The summed E-state index contributed by atoms with van der Waals surface area (Å²) in [5.74, 6) is 1.98. The van der Waals surface area contributed by atoms with Crippen molar-refractivity contribution < 1.29 is 0 Å². The summed E-state index contributed by atoms with van der Waals surface area (Å²) < 4.78 is 0. The molecular weight excluding hydrogens is 254 g/mol. The number of fused-ring (bicyclic) bond motifs is 3. The monoisotopic (exact) mass is 275 g/mol. The molecule has 0 fully saturated rings. The molecule has 0 saturated carbocycles. The minimum atomic E-state index is -0.00715. The smallest absolute Gasteiger partial charge is 0.138 e. The quantitative estimate of drug-likeness (QED) is 0.903. The van der Waals surface area contributed by atoms with E-state index in [0.717, 1.165) is 18.2 Å². The van der Waals surface area contributed by atoms with E-state index in [1.165, 1.54) is 39.9 Å². The molecule has 1 N–H and O–H groups in total. The van der Waals surface area contributed by atoms with E-state index in [2.05, 4.69) is 33.0 Å². The van der Waals surface area contributed by atoms with Gasteiger partial charge in [0.2, 0.25) is 0 Å². The highest BCUT2D eigenvalue weighted by Gasteiger charge is 2.25. The summed E-state index contributed by atoms with van der Waals surface area (Å²) in [6.45, 7) is 9.54. The summed E-state index contributed by atoms with van der Waals surface area (Å²) in [5.41, 5.74) is 1.49. The van der Waals surface area contributed by atoms with Crippen molar-refractivity contribution in [3.8, 4) is 0 Å². The van der Waals surface area contributed by atoms with E-state index in [-0.39, 0.29) is 5.41 Å². The number of aryl methyl sites for hydroxylation is 2. The van der Waals surface area contributed by atoms with E-state index >= 15 is 0 Å². The van der Waals surface area contributed by atoms with Crippen molar-refractivity contribution >= 4 is 27.4 Å². The van der Waals surface area contributed by atoms with Gasteiger partial charge in [0.05, 0.1) is 5.39 Å². The van der Waals surface area contributed by atoms with Crippen LogP contribution in [-0.2, 0) is 18.3 Å². The van der Waals surface area contributed by atoms with Gasteiger partial charge in [-0.15, -0.1) is 11.3 Å². The van der Waals surface area contributed by atoms with E-state index in [1.807, 2.05) is 11.3 Å². The van der Waals surface area contributed by atoms with Gasteiger partial charge in [-0.25, -0.2) is 9.97 Å².